The lowest BCUT2D eigenvalue weighted by Gasteiger charge is -2.14. The number of carbonyl (C=O) groups is 1. The first-order valence-electron chi connectivity index (χ1n) is 5.74. The minimum Gasteiger partial charge on any atom is -0.355 e. The molecule has 1 amide bonds. The molecule has 1 atom stereocenters. The van der Waals surface area contributed by atoms with E-state index in [2.05, 4.69) is 15.7 Å². The smallest absolute Gasteiger partial charge is 0.237 e. The maximum Gasteiger partial charge on any atom is 0.237 e. The molecule has 1 fully saturated rings. The molecular formula is C11H18N4O. The van der Waals surface area contributed by atoms with Gasteiger partial charge in [-0.15, -0.1) is 0 Å². The van der Waals surface area contributed by atoms with Crippen LogP contribution >= 0.6 is 0 Å². The van der Waals surface area contributed by atoms with Crippen LogP contribution in [0.4, 0.5) is 0 Å². The molecule has 5 nitrogen and oxygen atoms in total. The molecular weight excluding hydrogens is 204 g/mol. The molecule has 0 aromatic carbocycles. The van der Waals surface area contributed by atoms with Crippen molar-refractivity contribution in [2.24, 2.45) is 7.05 Å². The van der Waals surface area contributed by atoms with Gasteiger partial charge in [0.05, 0.1) is 12.2 Å². The van der Waals surface area contributed by atoms with E-state index in [0.29, 0.717) is 6.54 Å². The summed E-state index contributed by atoms with van der Waals surface area (Å²) in [4.78, 5) is 11.6. The Kier molecular flexibility index (Phi) is 3.56. The molecule has 2 rings (SSSR count). The van der Waals surface area contributed by atoms with Crippen molar-refractivity contribution >= 4 is 5.91 Å². The van der Waals surface area contributed by atoms with Crippen LogP contribution in [0.15, 0.2) is 12.4 Å². The van der Waals surface area contributed by atoms with Crippen LogP contribution in [0.2, 0.25) is 0 Å². The summed E-state index contributed by atoms with van der Waals surface area (Å²) in [7, 11) is 1.89. The first kappa shape index (κ1) is 11.1. The van der Waals surface area contributed by atoms with Crippen molar-refractivity contribution in [2.75, 3.05) is 6.54 Å². The summed E-state index contributed by atoms with van der Waals surface area (Å²) in [5.41, 5.74) is 1.11. The molecule has 0 unspecified atom stereocenters. The third-order valence-corrected chi connectivity index (χ3v) is 2.85. The molecule has 16 heavy (non-hydrogen) atoms. The predicted octanol–water partition coefficient (Wildman–Crippen LogP) is 0.178. The lowest BCUT2D eigenvalue weighted by Crippen LogP contribution is -2.42. The SMILES string of the molecule is Cn1cc(CN[C@H]2CCCCNC2=O)cn1. The highest BCUT2D eigenvalue weighted by Gasteiger charge is 2.19. The Hall–Kier alpha value is -1.36. The van der Waals surface area contributed by atoms with Crippen LogP contribution in [-0.2, 0) is 18.4 Å². The van der Waals surface area contributed by atoms with Gasteiger partial charge in [-0.1, -0.05) is 0 Å². The zero-order valence-electron chi connectivity index (χ0n) is 9.57. The lowest BCUT2D eigenvalue weighted by molar-refractivity contribution is -0.122. The number of rotatable bonds is 3. The van der Waals surface area contributed by atoms with Gasteiger partial charge in [0.1, 0.15) is 0 Å². The molecule has 1 aromatic rings. The van der Waals surface area contributed by atoms with Gasteiger partial charge in [-0.05, 0) is 19.3 Å². The quantitative estimate of drug-likeness (QED) is 0.767. The van der Waals surface area contributed by atoms with Gasteiger partial charge in [0, 0.05) is 31.9 Å². The van der Waals surface area contributed by atoms with Crippen LogP contribution in [0.3, 0.4) is 0 Å². The molecule has 0 saturated carbocycles. The van der Waals surface area contributed by atoms with E-state index < -0.39 is 0 Å². The highest BCUT2D eigenvalue weighted by atomic mass is 16.2. The van der Waals surface area contributed by atoms with Crippen LogP contribution in [0, 0.1) is 0 Å². The van der Waals surface area contributed by atoms with E-state index in [-0.39, 0.29) is 11.9 Å². The summed E-state index contributed by atoms with van der Waals surface area (Å²) in [5, 5.41) is 10.3. The van der Waals surface area contributed by atoms with E-state index in [1.165, 1.54) is 0 Å². The Morgan fingerprint density at radius 1 is 1.62 bits per heavy atom. The Bertz CT molecular complexity index is 361. The van der Waals surface area contributed by atoms with Gasteiger partial charge in [-0.25, -0.2) is 0 Å². The first-order chi connectivity index (χ1) is 7.75. The summed E-state index contributed by atoms with van der Waals surface area (Å²) in [5.74, 6) is 0.126. The van der Waals surface area contributed by atoms with Crippen LogP contribution in [0.5, 0.6) is 0 Å². The maximum atomic E-state index is 11.6. The summed E-state index contributed by atoms with van der Waals surface area (Å²) in [6.45, 7) is 1.51. The van der Waals surface area contributed by atoms with Crippen LogP contribution in [0.1, 0.15) is 24.8 Å². The molecule has 5 heteroatoms. The van der Waals surface area contributed by atoms with Crippen molar-refractivity contribution in [1.82, 2.24) is 20.4 Å². The first-order valence-corrected chi connectivity index (χ1v) is 5.74. The topological polar surface area (TPSA) is 59.0 Å². The molecule has 2 N–H and O–H groups in total. The number of carbonyl (C=O) groups excluding carboxylic acids is 1. The number of nitrogens with zero attached hydrogens (tertiary/aromatic N) is 2. The molecule has 2 heterocycles. The monoisotopic (exact) mass is 222 g/mol. The average molecular weight is 222 g/mol. The Morgan fingerprint density at radius 3 is 3.25 bits per heavy atom. The largest absolute Gasteiger partial charge is 0.355 e. The van der Waals surface area contributed by atoms with Gasteiger partial charge >= 0.3 is 0 Å². The third-order valence-electron chi connectivity index (χ3n) is 2.85. The summed E-state index contributed by atoms with van der Waals surface area (Å²) in [6.07, 6.45) is 6.88. The fourth-order valence-electron chi connectivity index (χ4n) is 1.94. The number of hydrogen-bond acceptors (Lipinski definition) is 3. The summed E-state index contributed by atoms with van der Waals surface area (Å²) >= 11 is 0. The Balaban J connectivity index is 1.86. The molecule has 1 aliphatic heterocycles. The molecule has 0 bridgehead atoms. The van der Waals surface area contributed by atoms with E-state index in [9.17, 15) is 4.79 Å². The van der Waals surface area contributed by atoms with Crippen molar-refractivity contribution in [3.05, 3.63) is 18.0 Å². The standard InChI is InChI=1S/C11H18N4O/c1-15-8-9(7-14-15)6-13-10-4-2-3-5-12-11(10)16/h7-8,10,13H,2-6H2,1H3,(H,12,16)/t10-/m0/s1. The normalized spacial score (nSPS) is 21.6. The molecule has 1 saturated heterocycles. The second-order valence-electron chi connectivity index (χ2n) is 4.24. The van der Waals surface area contributed by atoms with Gasteiger partial charge in [-0.2, -0.15) is 5.10 Å². The van der Waals surface area contributed by atoms with Crippen LogP contribution < -0.4 is 10.6 Å². The number of hydrogen-bond donors (Lipinski definition) is 2. The molecule has 0 radical (unpaired) electrons. The third kappa shape index (κ3) is 2.82. The van der Waals surface area contributed by atoms with E-state index in [1.807, 2.05) is 19.4 Å². The zero-order valence-corrected chi connectivity index (χ0v) is 9.57. The van der Waals surface area contributed by atoms with E-state index in [0.717, 1.165) is 31.4 Å². The van der Waals surface area contributed by atoms with Crippen molar-refractivity contribution in [3.8, 4) is 0 Å². The average Bonchev–Trinajstić information content (AvgIpc) is 2.56. The van der Waals surface area contributed by atoms with Gasteiger partial charge < -0.3 is 10.6 Å². The number of amides is 1. The van der Waals surface area contributed by atoms with E-state index in [1.54, 1.807) is 4.68 Å². The summed E-state index contributed by atoms with van der Waals surface area (Å²) in [6, 6.07) is -0.0530. The van der Waals surface area contributed by atoms with Crippen LogP contribution in [0.25, 0.3) is 0 Å². The fourth-order valence-corrected chi connectivity index (χ4v) is 1.94. The van der Waals surface area contributed by atoms with Crippen molar-refractivity contribution < 1.29 is 4.79 Å². The fraction of sp³-hybridized carbons (Fsp3) is 0.636. The highest BCUT2D eigenvalue weighted by molar-refractivity contribution is 5.81. The zero-order chi connectivity index (χ0) is 11.4. The van der Waals surface area contributed by atoms with Crippen molar-refractivity contribution in [3.63, 3.8) is 0 Å². The maximum absolute atomic E-state index is 11.6. The highest BCUT2D eigenvalue weighted by Crippen LogP contribution is 2.06. The molecule has 0 spiro atoms. The van der Waals surface area contributed by atoms with Gasteiger partial charge in [0.15, 0.2) is 0 Å². The Labute approximate surface area is 95.2 Å². The van der Waals surface area contributed by atoms with E-state index in [4.69, 9.17) is 0 Å². The number of aromatic nitrogens is 2. The number of aryl methyl sites for hydroxylation is 1. The molecule has 88 valence electrons. The minimum atomic E-state index is -0.0530. The molecule has 1 aromatic heterocycles. The summed E-state index contributed by atoms with van der Waals surface area (Å²) < 4.78 is 1.77. The minimum absolute atomic E-state index is 0.0530. The van der Waals surface area contributed by atoms with Gasteiger partial charge in [0.25, 0.3) is 0 Å². The van der Waals surface area contributed by atoms with Gasteiger partial charge in [-0.3, -0.25) is 9.48 Å². The van der Waals surface area contributed by atoms with Crippen molar-refractivity contribution in [2.45, 2.75) is 31.8 Å². The second kappa shape index (κ2) is 5.12. The second-order valence-corrected chi connectivity index (χ2v) is 4.24. The molecule has 0 aliphatic carbocycles. The molecule has 1 aliphatic rings. The number of nitrogens with one attached hydrogen (secondary N) is 2. The van der Waals surface area contributed by atoms with Gasteiger partial charge in [0.2, 0.25) is 5.91 Å². The Morgan fingerprint density at radius 2 is 2.50 bits per heavy atom. The lowest BCUT2D eigenvalue weighted by atomic mass is 10.1. The van der Waals surface area contributed by atoms with E-state index >= 15 is 0 Å². The van der Waals surface area contributed by atoms with Crippen molar-refractivity contribution in [1.29, 1.82) is 0 Å². The van der Waals surface area contributed by atoms with Crippen LogP contribution in [-0.4, -0.2) is 28.3 Å². The predicted molar refractivity (Wildman–Crippen MR) is 60.7 cm³/mol.